The van der Waals surface area contributed by atoms with E-state index in [0.717, 1.165) is 39.0 Å². The van der Waals surface area contributed by atoms with E-state index in [0.29, 0.717) is 18.6 Å². The first-order valence-electron chi connectivity index (χ1n) is 6.30. The van der Waals surface area contributed by atoms with E-state index < -0.39 is 0 Å². The van der Waals surface area contributed by atoms with E-state index in [4.69, 9.17) is 4.74 Å². The smallest absolute Gasteiger partial charge is 0.221 e. The lowest BCUT2D eigenvalue weighted by molar-refractivity contribution is -0.121. The molecule has 1 unspecified atom stereocenters. The van der Waals surface area contributed by atoms with Gasteiger partial charge in [0.1, 0.15) is 0 Å². The van der Waals surface area contributed by atoms with Crippen LogP contribution in [0.15, 0.2) is 0 Å². The van der Waals surface area contributed by atoms with E-state index in [2.05, 4.69) is 24.5 Å². The largest absolute Gasteiger partial charge is 0.378 e. The van der Waals surface area contributed by atoms with E-state index >= 15 is 0 Å². The summed E-state index contributed by atoms with van der Waals surface area (Å²) in [5, 5.41) is 6.15. The van der Waals surface area contributed by atoms with Crippen molar-refractivity contribution in [1.29, 1.82) is 0 Å². The number of carbonyl (C=O) groups excluding carboxylic acids is 1. The topological polar surface area (TPSA) is 50.4 Å². The number of amides is 1. The number of ether oxygens (including phenoxy) is 1. The average molecular weight is 228 g/mol. The number of carbonyl (C=O) groups is 1. The van der Waals surface area contributed by atoms with Gasteiger partial charge in [-0.3, -0.25) is 4.79 Å². The summed E-state index contributed by atoms with van der Waals surface area (Å²) in [5.41, 5.74) is 0. The Labute approximate surface area is 98.1 Å². The molecule has 0 aromatic rings. The summed E-state index contributed by atoms with van der Waals surface area (Å²) in [6.07, 6.45) is 4.18. The van der Waals surface area contributed by atoms with Gasteiger partial charge in [0.2, 0.25) is 5.91 Å². The first kappa shape index (κ1) is 13.5. The Balaban J connectivity index is 1.93. The van der Waals surface area contributed by atoms with Crippen molar-refractivity contribution in [2.45, 2.75) is 51.7 Å². The second kappa shape index (κ2) is 7.63. The van der Waals surface area contributed by atoms with Crippen molar-refractivity contribution in [3.63, 3.8) is 0 Å². The fourth-order valence-corrected chi connectivity index (χ4v) is 1.81. The Bertz CT molecular complexity index is 201. The molecular weight excluding hydrogens is 204 g/mol. The molecule has 0 saturated carbocycles. The summed E-state index contributed by atoms with van der Waals surface area (Å²) in [6.45, 7) is 6.54. The SMILES string of the molecule is CC(C)NCCC(=O)NCCC1CCCO1. The maximum atomic E-state index is 11.4. The molecule has 1 aliphatic heterocycles. The molecular formula is C12H24N2O2. The average Bonchev–Trinajstić information content (AvgIpc) is 2.70. The van der Waals surface area contributed by atoms with E-state index in [1.165, 1.54) is 0 Å². The van der Waals surface area contributed by atoms with Crippen molar-refractivity contribution in [3.8, 4) is 0 Å². The Morgan fingerprint density at radius 1 is 1.44 bits per heavy atom. The summed E-state index contributed by atoms with van der Waals surface area (Å²) in [7, 11) is 0. The second-order valence-corrected chi connectivity index (χ2v) is 4.63. The Kier molecular flexibility index (Phi) is 6.42. The normalized spacial score (nSPS) is 20.3. The van der Waals surface area contributed by atoms with Gasteiger partial charge in [0.15, 0.2) is 0 Å². The van der Waals surface area contributed by atoms with Crippen molar-refractivity contribution in [2.75, 3.05) is 19.7 Å². The predicted molar refractivity (Wildman–Crippen MR) is 64.4 cm³/mol. The number of hydrogen-bond donors (Lipinski definition) is 2. The predicted octanol–water partition coefficient (Wildman–Crippen LogP) is 1.06. The molecule has 0 spiro atoms. The maximum Gasteiger partial charge on any atom is 0.221 e. The molecule has 1 amide bonds. The summed E-state index contributed by atoms with van der Waals surface area (Å²) in [5.74, 6) is 0.131. The molecule has 4 nitrogen and oxygen atoms in total. The highest BCUT2D eigenvalue weighted by molar-refractivity contribution is 5.75. The number of hydrogen-bond acceptors (Lipinski definition) is 3. The molecule has 4 heteroatoms. The van der Waals surface area contributed by atoms with Crippen LogP contribution < -0.4 is 10.6 Å². The van der Waals surface area contributed by atoms with E-state index in [1.54, 1.807) is 0 Å². The van der Waals surface area contributed by atoms with Crippen LogP contribution in [-0.4, -0.2) is 37.7 Å². The Hall–Kier alpha value is -0.610. The van der Waals surface area contributed by atoms with Gasteiger partial charge in [0.05, 0.1) is 6.10 Å². The van der Waals surface area contributed by atoms with Gasteiger partial charge >= 0.3 is 0 Å². The first-order valence-corrected chi connectivity index (χ1v) is 6.30. The number of rotatable bonds is 7. The Morgan fingerprint density at radius 2 is 2.25 bits per heavy atom. The van der Waals surface area contributed by atoms with E-state index in [-0.39, 0.29) is 5.91 Å². The van der Waals surface area contributed by atoms with Crippen LogP contribution in [0.2, 0.25) is 0 Å². The summed E-state index contributed by atoms with van der Waals surface area (Å²) in [6, 6.07) is 0.444. The van der Waals surface area contributed by atoms with Crippen molar-refractivity contribution >= 4 is 5.91 Å². The molecule has 0 aliphatic carbocycles. The molecule has 94 valence electrons. The van der Waals surface area contributed by atoms with Crippen molar-refractivity contribution < 1.29 is 9.53 Å². The third-order valence-corrected chi connectivity index (χ3v) is 2.72. The van der Waals surface area contributed by atoms with Gasteiger partial charge in [0, 0.05) is 32.2 Å². The van der Waals surface area contributed by atoms with Gasteiger partial charge in [-0.25, -0.2) is 0 Å². The van der Waals surface area contributed by atoms with Gasteiger partial charge < -0.3 is 15.4 Å². The van der Waals surface area contributed by atoms with Crippen LogP contribution in [0.1, 0.15) is 39.5 Å². The van der Waals surface area contributed by atoms with Gasteiger partial charge in [-0.15, -0.1) is 0 Å². The molecule has 1 heterocycles. The zero-order valence-corrected chi connectivity index (χ0v) is 10.4. The fourth-order valence-electron chi connectivity index (χ4n) is 1.81. The highest BCUT2D eigenvalue weighted by Gasteiger charge is 2.14. The molecule has 1 fully saturated rings. The molecule has 1 aliphatic rings. The monoisotopic (exact) mass is 228 g/mol. The van der Waals surface area contributed by atoms with Crippen molar-refractivity contribution in [2.24, 2.45) is 0 Å². The van der Waals surface area contributed by atoms with Gasteiger partial charge in [-0.2, -0.15) is 0 Å². The zero-order valence-electron chi connectivity index (χ0n) is 10.4. The highest BCUT2D eigenvalue weighted by atomic mass is 16.5. The lowest BCUT2D eigenvalue weighted by atomic mass is 10.2. The van der Waals surface area contributed by atoms with Crippen LogP contribution in [0.5, 0.6) is 0 Å². The lowest BCUT2D eigenvalue weighted by Gasteiger charge is -2.11. The minimum absolute atomic E-state index is 0.131. The zero-order chi connectivity index (χ0) is 11.8. The molecule has 0 aromatic heterocycles. The van der Waals surface area contributed by atoms with E-state index in [1.807, 2.05) is 0 Å². The van der Waals surface area contributed by atoms with Gasteiger partial charge in [-0.1, -0.05) is 13.8 Å². The fraction of sp³-hybridized carbons (Fsp3) is 0.917. The highest BCUT2D eigenvalue weighted by Crippen LogP contribution is 2.14. The lowest BCUT2D eigenvalue weighted by Crippen LogP contribution is -2.31. The molecule has 0 bridgehead atoms. The molecule has 1 saturated heterocycles. The third-order valence-electron chi connectivity index (χ3n) is 2.72. The number of nitrogens with one attached hydrogen (secondary N) is 2. The maximum absolute atomic E-state index is 11.4. The second-order valence-electron chi connectivity index (χ2n) is 4.63. The quantitative estimate of drug-likeness (QED) is 0.685. The standard InChI is InChI=1S/C12H24N2O2/c1-10(2)13-8-6-12(15)14-7-5-11-4-3-9-16-11/h10-11,13H,3-9H2,1-2H3,(H,14,15). The summed E-state index contributed by atoms with van der Waals surface area (Å²) in [4.78, 5) is 11.4. The molecule has 1 rings (SSSR count). The summed E-state index contributed by atoms with van der Waals surface area (Å²) < 4.78 is 5.48. The van der Waals surface area contributed by atoms with Crippen LogP contribution in [0.3, 0.4) is 0 Å². The minimum Gasteiger partial charge on any atom is -0.378 e. The van der Waals surface area contributed by atoms with Gasteiger partial charge in [-0.05, 0) is 19.3 Å². The first-order chi connectivity index (χ1) is 7.68. The van der Waals surface area contributed by atoms with Crippen LogP contribution in [0, 0.1) is 0 Å². The van der Waals surface area contributed by atoms with Crippen LogP contribution in [0.4, 0.5) is 0 Å². The molecule has 2 N–H and O–H groups in total. The van der Waals surface area contributed by atoms with Crippen molar-refractivity contribution in [1.82, 2.24) is 10.6 Å². The van der Waals surface area contributed by atoms with Crippen molar-refractivity contribution in [3.05, 3.63) is 0 Å². The molecule has 16 heavy (non-hydrogen) atoms. The molecule has 0 aromatic carbocycles. The minimum atomic E-state index is 0.131. The molecule has 1 atom stereocenters. The van der Waals surface area contributed by atoms with E-state index in [9.17, 15) is 4.79 Å². The molecule has 0 radical (unpaired) electrons. The Morgan fingerprint density at radius 3 is 2.88 bits per heavy atom. The third kappa shape index (κ3) is 6.08. The van der Waals surface area contributed by atoms with Gasteiger partial charge in [0.25, 0.3) is 0 Å². The van der Waals surface area contributed by atoms with Crippen LogP contribution in [0.25, 0.3) is 0 Å². The van der Waals surface area contributed by atoms with Crippen LogP contribution >= 0.6 is 0 Å². The van der Waals surface area contributed by atoms with Crippen LogP contribution in [-0.2, 0) is 9.53 Å². The summed E-state index contributed by atoms with van der Waals surface area (Å²) >= 11 is 0.